The van der Waals surface area contributed by atoms with Gasteiger partial charge in [-0.1, -0.05) is 135 Å². The zero-order chi connectivity index (χ0) is 30.1. The monoisotopic (exact) mass is 577 g/mol. The number of hydrogen-bond acceptors (Lipinski definition) is 2. The third-order valence-corrected chi connectivity index (χ3v) is 9.62. The van der Waals surface area contributed by atoms with E-state index >= 15 is 0 Å². The molecule has 0 N–H and O–H groups in total. The first-order valence-corrected chi connectivity index (χ1v) is 15.6. The summed E-state index contributed by atoms with van der Waals surface area (Å²) >= 11 is 0. The quantitative estimate of drug-likeness (QED) is 0.207. The molecular formula is C43H31NO. The Morgan fingerprint density at radius 1 is 0.489 bits per heavy atom. The molecule has 0 atom stereocenters. The minimum atomic E-state index is -0.173. The number of fused-ring (bicyclic) bond motifs is 10. The molecule has 8 aromatic rings. The fourth-order valence-electron chi connectivity index (χ4n) is 7.60. The van der Waals surface area contributed by atoms with Gasteiger partial charge in [-0.25, -0.2) is 0 Å². The fraction of sp³-hybridized carbons (Fsp3) is 0.0698. The largest absolute Gasteiger partial charge is 0.453 e. The van der Waals surface area contributed by atoms with Crippen LogP contribution in [0.3, 0.4) is 0 Å². The van der Waals surface area contributed by atoms with E-state index in [1.165, 1.54) is 44.2 Å². The molecule has 45 heavy (non-hydrogen) atoms. The van der Waals surface area contributed by atoms with Crippen LogP contribution in [0.4, 0.5) is 17.1 Å². The van der Waals surface area contributed by atoms with Gasteiger partial charge in [0.05, 0.1) is 5.69 Å². The highest BCUT2D eigenvalue weighted by Crippen LogP contribution is 2.57. The van der Waals surface area contributed by atoms with Crippen molar-refractivity contribution in [1.82, 2.24) is 0 Å². The Labute approximate surface area is 262 Å². The summed E-state index contributed by atoms with van der Waals surface area (Å²) in [6.45, 7) is 4.72. The minimum Gasteiger partial charge on any atom is -0.453 e. The third-order valence-electron chi connectivity index (χ3n) is 9.62. The number of benzene rings is 7. The summed E-state index contributed by atoms with van der Waals surface area (Å²) in [5, 5.41) is 4.76. The number of nitrogens with zero attached hydrogens (tertiary/aromatic N) is 1. The lowest BCUT2D eigenvalue weighted by molar-refractivity contribution is 0.659. The molecule has 0 radical (unpaired) electrons. The SMILES string of the molecule is CC1(C)c2ccccc2-c2c1c1c3cccc(N(c4ccccc4)c4ccc(-c5ccccc5)cc4)c3oc1c1ccccc21. The smallest absolute Gasteiger partial charge is 0.159 e. The molecule has 2 nitrogen and oxygen atoms in total. The van der Waals surface area contributed by atoms with Crippen LogP contribution in [0.2, 0.25) is 0 Å². The Kier molecular flexibility index (Phi) is 5.58. The molecule has 0 saturated heterocycles. The van der Waals surface area contributed by atoms with Crippen LogP contribution in [0.25, 0.3) is 55.0 Å². The molecule has 0 bridgehead atoms. The molecule has 0 unspecified atom stereocenters. The first-order valence-electron chi connectivity index (χ1n) is 15.6. The molecule has 1 aliphatic carbocycles. The van der Waals surface area contributed by atoms with Crippen LogP contribution in [0.1, 0.15) is 25.0 Å². The van der Waals surface area contributed by atoms with Gasteiger partial charge in [-0.15, -0.1) is 0 Å². The van der Waals surface area contributed by atoms with Crippen LogP contribution >= 0.6 is 0 Å². The number of para-hydroxylation sites is 2. The zero-order valence-corrected chi connectivity index (χ0v) is 25.3. The summed E-state index contributed by atoms with van der Waals surface area (Å²) in [5.74, 6) is 0. The van der Waals surface area contributed by atoms with Crippen molar-refractivity contribution < 1.29 is 4.42 Å². The van der Waals surface area contributed by atoms with Crippen LogP contribution in [-0.2, 0) is 5.41 Å². The van der Waals surface area contributed by atoms with Gasteiger partial charge < -0.3 is 9.32 Å². The van der Waals surface area contributed by atoms with Crippen LogP contribution in [0.15, 0.2) is 156 Å². The van der Waals surface area contributed by atoms with Gasteiger partial charge in [0.2, 0.25) is 0 Å². The molecule has 7 aromatic carbocycles. The molecule has 0 fully saturated rings. The van der Waals surface area contributed by atoms with Gasteiger partial charge in [0.1, 0.15) is 5.58 Å². The topological polar surface area (TPSA) is 16.4 Å². The van der Waals surface area contributed by atoms with E-state index in [9.17, 15) is 0 Å². The zero-order valence-electron chi connectivity index (χ0n) is 25.3. The summed E-state index contributed by atoms with van der Waals surface area (Å²) in [4.78, 5) is 2.32. The Hall–Kier alpha value is -5.60. The van der Waals surface area contributed by atoms with Crippen molar-refractivity contribution in [2.24, 2.45) is 0 Å². The number of furan rings is 1. The van der Waals surface area contributed by atoms with Gasteiger partial charge in [-0.05, 0) is 69.1 Å². The Morgan fingerprint density at radius 3 is 1.87 bits per heavy atom. The van der Waals surface area contributed by atoms with E-state index < -0.39 is 0 Å². The van der Waals surface area contributed by atoms with E-state index in [2.05, 4.69) is 170 Å². The van der Waals surface area contributed by atoms with E-state index in [1.807, 2.05) is 0 Å². The molecule has 9 rings (SSSR count). The van der Waals surface area contributed by atoms with Crippen molar-refractivity contribution in [1.29, 1.82) is 0 Å². The van der Waals surface area contributed by atoms with Gasteiger partial charge in [0.25, 0.3) is 0 Å². The van der Waals surface area contributed by atoms with E-state index in [0.717, 1.165) is 39.0 Å². The predicted octanol–water partition coefficient (Wildman–Crippen LogP) is 12.2. The average Bonchev–Trinajstić information content (AvgIpc) is 3.60. The third kappa shape index (κ3) is 3.76. The first-order chi connectivity index (χ1) is 22.1. The van der Waals surface area contributed by atoms with Gasteiger partial charge >= 0.3 is 0 Å². The average molecular weight is 578 g/mol. The minimum absolute atomic E-state index is 0.173. The molecule has 2 heteroatoms. The molecule has 1 aromatic heterocycles. The van der Waals surface area contributed by atoms with E-state index in [4.69, 9.17) is 4.42 Å². The Morgan fingerprint density at radius 2 is 1.09 bits per heavy atom. The van der Waals surface area contributed by atoms with E-state index in [1.54, 1.807) is 0 Å². The van der Waals surface area contributed by atoms with E-state index in [0.29, 0.717) is 0 Å². The summed E-state index contributed by atoms with van der Waals surface area (Å²) < 4.78 is 7.09. The van der Waals surface area contributed by atoms with Crippen molar-refractivity contribution >= 4 is 49.8 Å². The van der Waals surface area contributed by atoms with Crippen LogP contribution in [-0.4, -0.2) is 0 Å². The summed E-state index contributed by atoms with van der Waals surface area (Å²) in [5.41, 5.74) is 12.7. The van der Waals surface area contributed by atoms with Crippen LogP contribution in [0.5, 0.6) is 0 Å². The number of rotatable bonds is 4. The maximum atomic E-state index is 7.09. The molecule has 0 spiro atoms. The molecule has 1 aliphatic rings. The highest BCUT2D eigenvalue weighted by atomic mass is 16.3. The standard InChI is InChI=1S/C43H31NO/c1-43(2)36-22-12-11-20-34(36)38-32-18-9-10-19-33(32)42-39(40(38)43)35-21-13-23-37(41(35)45-42)44(30-16-7-4-8-17-30)31-26-24-29(25-27-31)28-14-5-3-6-15-28/h3-27H,1-2H3. The van der Waals surface area contributed by atoms with Crippen LogP contribution < -0.4 is 4.90 Å². The second-order valence-corrected chi connectivity index (χ2v) is 12.5. The first kappa shape index (κ1) is 25.9. The van der Waals surface area contributed by atoms with Crippen molar-refractivity contribution in [3.8, 4) is 22.3 Å². The molecule has 214 valence electrons. The Balaban J connectivity index is 1.34. The fourth-order valence-corrected chi connectivity index (χ4v) is 7.60. The molecule has 1 heterocycles. The van der Waals surface area contributed by atoms with Gasteiger partial charge in [0, 0.05) is 32.9 Å². The van der Waals surface area contributed by atoms with Crippen molar-refractivity contribution in [3.63, 3.8) is 0 Å². The summed E-state index contributed by atoms with van der Waals surface area (Å²) in [7, 11) is 0. The number of hydrogen-bond donors (Lipinski definition) is 0. The van der Waals surface area contributed by atoms with Crippen LogP contribution in [0, 0.1) is 0 Å². The summed E-state index contributed by atoms with van der Waals surface area (Å²) in [6.07, 6.45) is 0. The lowest BCUT2D eigenvalue weighted by Gasteiger charge is -2.25. The second-order valence-electron chi connectivity index (χ2n) is 12.5. The molecular weight excluding hydrogens is 546 g/mol. The van der Waals surface area contributed by atoms with Crippen molar-refractivity contribution in [2.45, 2.75) is 19.3 Å². The predicted molar refractivity (Wildman–Crippen MR) is 189 cm³/mol. The van der Waals surface area contributed by atoms with Gasteiger partial charge in [-0.2, -0.15) is 0 Å². The normalized spacial score (nSPS) is 13.3. The Bertz CT molecular complexity index is 2380. The molecule has 0 saturated carbocycles. The lowest BCUT2D eigenvalue weighted by atomic mass is 9.79. The highest BCUT2D eigenvalue weighted by Gasteiger charge is 2.39. The summed E-state index contributed by atoms with van der Waals surface area (Å²) in [6, 6.07) is 54.2. The second kappa shape index (κ2) is 9.70. The van der Waals surface area contributed by atoms with Crippen molar-refractivity contribution in [3.05, 3.63) is 163 Å². The molecule has 0 aliphatic heterocycles. The maximum Gasteiger partial charge on any atom is 0.159 e. The molecule has 0 amide bonds. The van der Waals surface area contributed by atoms with Crippen molar-refractivity contribution in [2.75, 3.05) is 4.90 Å². The van der Waals surface area contributed by atoms with Gasteiger partial charge in [-0.3, -0.25) is 0 Å². The number of anilines is 3. The van der Waals surface area contributed by atoms with E-state index in [-0.39, 0.29) is 5.41 Å². The highest BCUT2D eigenvalue weighted by molar-refractivity contribution is 6.24. The maximum absolute atomic E-state index is 7.09. The lowest BCUT2D eigenvalue weighted by Crippen LogP contribution is -2.15. The van der Waals surface area contributed by atoms with Gasteiger partial charge in [0.15, 0.2) is 5.58 Å².